The highest BCUT2D eigenvalue weighted by Gasteiger charge is 1.99. The maximum absolute atomic E-state index is 4.22. The Labute approximate surface area is 99.1 Å². The van der Waals surface area contributed by atoms with Crippen molar-refractivity contribution < 1.29 is 0 Å². The van der Waals surface area contributed by atoms with Crippen molar-refractivity contribution in [3.8, 4) is 0 Å². The van der Waals surface area contributed by atoms with Gasteiger partial charge in [-0.15, -0.1) is 11.3 Å². The van der Waals surface area contributed by atoms with Crippen LogP contribution in [0.25, 0.3) is 0 Å². The summed E-state index contributed by atoms with van der Waals surface area (Å²) in [5, 5.41) is 13.5. The molecule has 2 N–H and O–H groups in total. The largest absolute Gasteiger partial charge is 0.310 e. The third kappa shape index (κ3) is 3.15. The minimum atomic E-state index is 0.877. The van der Waals surface area contributed by atoms with Crippen LogP contribution in [0.5, 0.6) is 0 Å². The summed E-state index contributed by atoms with van der Waals surface area (Å²) in [7, 11) is 0. The molecule has 0 aliphatic rings. The molecule has 16 heavy (non-hydrogen) atoms. The normalized spacial score (nSPS) is 10.8. The van der Waals surface area contributed by atoms with Crippen molar-refractivity contribution in [1.82, 2.24) is 20.5 Å². The minimum Gasteiger partial charge on any atom is -0.310 e. The maximum atomic E-state index is 4.22. The Kier molecular flexibility index (Phi) is 4.07. The molecule has 0 saturated carbocycles. The molecule has 5 heteroatoms. The van der Waals surface area contributed by atoms with E-state index in [0.717, 1.165) is 30.9 Å². The lowest BCUT2D eigenvalue weighted by Crippen LogP contribution is -2.15. The van der Waals surface area contributed by atoms with Crippen LogP contribution in [0.3, 0.4) is 0 Å². The highest BCUT2D eigenvalue weighted by molar-refractivity contribution is 7.09. The highest BCUT2D eigenvalue weighted by atomic mass is 32.1. The molecule has 0 aliphatic heterocycles. The van der Waals surface area contributed by atoms with Crippen molar-refractivity contribution >= 4 is 11.3 Å². The SMILES string of the molecule is Cc1[nH]ncc1CCCNCc1nccs1. The summed E-state index contributed by atoms with van der Waals surface area (Å²) in [5.41, 5.74) is 2.50. The standard InChI is InChI=1S/C11H16N4S/c1-9-10(7-14-15-9)3-2-4-12-8-11-13-5-6-16-11/h5-7,12H,2-4,8H2,1H3,(H,14,15). The van der Waals surface area contributed by atoms with E-state index in [1.54, 1.807) is 11.3 Å². The summed E-state index contributed by atoms with van der Waals surface area (Å²) >= 11 is 1.69. The molecule has 4 nitrogen and oxygen atoms in total. The molecule has 2 aromatic rings. The number of aryl methyl sites for hydroxylation is 2. The monoisotopic (exact) mass is 236 g/mol. The van der Waals surface area contributed by atoms with Crippen molar-refractivity contribution in [3.63, 3.8) is 0 Å². The molecule has 0 bridgehead atoms. The quantitative estimate of drug-likeness (QED) is 0.753. The molecule has 2 aromatic heterocycles. The summed E-state index contributed by atoms with van der Waals surface area (Å²) < 4.78 is 0. The van der Waals surface area contributed by atoms with Crippen molar-refractivity contribution in [3.05, 3.63) is 34.0 Å². The Morgan fingerprint density at radius 1 is 1.50 bits per heavy atom. The summed E-state index contributed by atoms with van der Waals surface area (Å²) in [6, 6.07) is 0. The molecule has 0 unspecified atom stereocenters. The molecule has 0 amide bonds. The fourth-order valence-corrected chi connectivity index (χ4v) is 2.15. The first-order valence-electron chi connectivity index (χ1n) is 5.44. The van der Waals surface area contributed by atoms with Crippen LogP contribution < -0.4 is 5.32 Å². The Hall–Kier alpha value is -1.20. The first-order chi connectivity index (χ1) is 7.86. The lowest BCUT2D eigenvalue weighted by Gasteiger charge is -2.02. The average molecular weight is 236 g/mol. The molecule has 86 valence electrons. The van der Waals surface area contributed by atoms with Crippen molar-refractivity contribution in [2.24, 2.45) is 0 Å². The zero-order valence-electron chi connectivity index (χ0n) is 9.36. The van der Waals surface area contributed by atoms with Gasteiger partial charge in [0.1, 0.15) is 5.01 Å². The fraction of sp³-hybridized carbons (Fsp3) is 0.455. The number of thiazole rings is 1. The smallest absolute Gasteiger partial charge is 0.106 e. The van der Waals surface area contributed by atoms with Crippen LogP contribution in [0.2, 0.25) is 0 Å². The van der Waals surface area contributed by atoms with Gasteiger partial charge in [0.15, 0.2) is 0 Å². The molecule has 0 radical (unpaired) electrons. The van der Waals surface area contributed by atoms with Crippen LogP contribution in [0.15, 0.2) is 17.8 Å². The van der Waals surface area contributed by atoms with E-state index in [1.165, 1.54) is 11.3 Å². The Bertz CT molecular complexity index is 407. The molecular weight excluding hydrogens is 220 g/mol. The molecule has 2 heterocycles. The zero-order chi connectivity index (χ0) is 11.2. The molecule has 0 fully saturated rings. The number of hydrogen-bond donors (Lipinski definition) is 2. The van der Waals surface area contributed by atoms with Gasteiger partial charge < -0.3 is 5.32 Å². The topological polar surface area (TPSA) is 53.6 Å². The Balaban J connectivity index is 1.61. The zero-order valence-corrected chi connectivity index (χ0v) is 10.2. The van der Waals surface area contributed by atoms with Crippen molar-refractivity contribution in [2.45, 2.75) is 26.3 Å². The number of nitrogens with zero attached hydrogens (tertiary/aromatic N) is 2. The number of aromatic nitrogens is 3. The first-order valence-corrected chi connectivity index (χ1v) is 6.32. The molecule has 0 spiro atoms. The molecule has 0 saturated heterocycles. The average Bonchev–Trinajstić information content (AvgIpc) is 2.90. The van der Waals surface area contributed by atoms with Crippen LogP contribution in [-0.4, -0.2) is 21.7 Å². The fourth-order valence-electron chi connectivity index (χ4n) is 1.57. The van der Waals surface area contributed by atoms with E-state index in [4.69, 9.17) is 0 Å². The second-order valence-corrected chi connectivity index (χ2v) is 4.71. The van der Waals surface area contributed by atoms with Gasteiger partial charge in [0.25, 0.3) is 0 Å². The third-order valence-electron chi connectivity index (χ3n) is 2.49. The number of rotatable bonds is 6. The molecule has 0 atom stereocenters. The van der Waals surface area contributed by atoms with Gasteiger partial charge in [-0.25, -0.2) is 4.98 Å². The molecule has 2 rings (SSSR count). The van der Waals surface area contributed by atoms with Gasteiger partial charge in [-0.1, -0.05) is 0 Å². The Morgan fingerprint density at radius 3 is 3.12 bits per heavy atom. The van der Waals surface area contributed by atoms with E-state index in [9.17, 15) is 0 Å². The van der Waals surface area contributed by atoms with E-state index in [0.29, 0.717) is 0 Å². The van der Waals surface area contributed by atoms with E-state index in [-0.39, 0.29) is 0 Å². The van der Waals surface area contributed by atoms with E-state index in [2.05, 4.69) is 27.4 Å². The van der Waals surface area contributed by atoms with E-state index < -0.39 is 0 Å². The number of hydrogen-bond acceptors (Lipinski definition) is 4. The number of H-pyrrole nitrogens is 1. The van der Waals surface area contributed by atoms with Gasteiger partial charge in [-0.2, -0.15) is 5.10 Å². The van der Waals surface area contributed by atoms with Crippen LogP contribution >= 0.6 is 11.3 Å². The summed E-state index contributed by atoms with van der Waals surface area (Å²) in [4.78, 5) is 4.22. The second-order valence-electron chi connectivity index (χ2n) is 3.73. The highest BCUT2D eigenvalue weighted by Crippen LogP contribution is 2.06. The van der Waals surface area contributed by atoms with Crippen LogP contribution in [0.1, 0.15) is 22.7 Å². The van der Waals surface area contributed by atoms with Crippen LogP contribution in [0.4, 0.5) is 0 Å². The lowest BCUT2D eigenvalue weighted by atomic mass is 10.1. The predicted molar refractivity (Wildman–Crippen MR) is 65.5 cm³/mol. The predicted octanol–water partition coefficient (Wildman–Crippen LogP) is 1.90. The van der Waals surface area contributed by atoms with Gasteiger partial charge in [0.05, 0.1) is 6.20 Å². The van der Waals surface area contributed by atoms with Crippen LogP contribution in [-0.2, 0) is 13.0 Å². The van der Waals surface area contributed by atoms with Gasteiger partial charge >= 0.3 is 0 Å². The summed E-state index contributed by atoms with van der Waals surface area (Å²) in [6.07, 6.45) is 5.96. The van der Waals surface area contributed by atoms with Crippen molar-refractivity contribution in [1.29, 1.82) is 0 Å². The van der Waals surface area contributed by atoms with Gasteiger partial charge in [0, 0.05) is 23.8 Å². The van der Waals surface area contributed by atoms with Gasteiger partial charge in [0.2, 0.25) is 0 Å². The summed E-state index contributed by atoms with van der Waals surface area (Å²) in [5.74, 6) is 0. The maximum Gasteiger partial charge on any atom is 0.106 e. The Morgan fingerprint density at radius 2 is 2.44 bits per heavy atom. The van der Waals surface area contributed by atoms with Crippen LogP contribution in [0, 0.1) is 6.92 Å². The molecule has 0 aliphatic carbocycles. The number of nitrogens with one attached hydrogen (secondary N) is 2. The van der Waals surface area contributed by atoms with Gasteiger partial charge in [-0.3, -0.25) is 5.10 Å². The summed E-state index contributed by atoms with van der Waals surface area (Å²) in [6.45, 7) is 3.96. The third-order valence-corrected chi connectivity index (χ3v) is 3.27. The van der Waals surface area contributed by atoms with E-state index >= 15 is 0 Å². The van der Waals surface area contributed by atoms with Gasteiger partial charge in [-0.05, 0) is 31.9 Å². The second kappa shape index (κ2) is 5.77. The minimum absolute atomic E-state index is 0.877. The van der Waals surface area contributed by atoms with Crippen molar-refractivity contribution in [2.75, 3.05) is 6.54 Å². The molecule has 0 aromatic carbocycles. The first kappa shape index (κ1) is 11.3. The lowest BCUT2D eigenvalue weighted by molar-refractivity contribution is 0.646. The molecular formula is C11H16N4S. The van der Waals surface area contributed by atoms with E-state index in [1.807, 2.05) is 17.8 Å². The number of aromatic amines is 1.